The lowest BCUT2D eigenvalue weighted by Gasteiger charge is -2.28. The van der Waals surface area contributed by atoms with E-state index in [1.165, 1.54) is 7.11 Å². The number of esters is 1. The monoisotopic (exact) mass is 464 g/mol. The molecule has 2 atom stereocenters. The number of hydrogen-bond acceptors (Lipinski definition) is 5. The number of ether oxygens (including phenoxy) is 2. The first-order valence-corrected chi connectivity index (χ1v) is 11.2. The SMILES string of the molecule is COC(=O)CCN1C(=S)N[C@H](c2ccccn2)[C@@H]1c1cc(C)n(-c2ccc(OC)cc2)c1C. The van der Waals surface area contributed by atoms with Crippen molar-refractivity contribution in [3.05, 3.63) is 77.4 Å². The highest BCUT2D eigenvalue weighted by Crippen LogP contribution is 2.41. The van der Waals surface area contributed by atoms with Gasteiger partial charge in [-0.3, -0.25) is 9.78 Å². The van der Waals surface area contributed by atoms with E-state index in [0.29, 0.717) is 11.7 Å². The third-order valence-corrected chi connectivity index (χ3v) is 6.45. The molecule has 1 aromatic carbocycles. The topological polar surface area (TPSA) is 68.6 Å². The van der Waals surface area contributed by atoms with Gasteiger partial charge in [0.15, 0.2) is 5.11 Å². The van der Waals surface area contributed by atoms with E-state index in [-0.39, 0.29) is 24.5 Å². The molecule has 2 aromatic heterocycles. The van der Waals surface area contributed by atoms with Crippen molar-refractivity contribution >= 4 is 23.3 Å². The Morgan fingerprint density at radius 1 is 1.15 bits per heavy atom. The van der Waals surface area contributed by atoms with Gasteiger partial charge in [0.25, 0.3) is 0 Å². The van der Waals surface area contributed by atoms with E-state index < -0.39 is 0 Å². The molecule has 8 heteroatoms. The number of thiocarbonyl (C=S) groups is 1. The number of rotatable bonds is 7. The first kappa shape index (κ1) is 22.8. The molecule has 3 heterocycles. The van der Waals surface area contributed by atoms with Gasteiger partial charge in [0.2, 0.25) is 0 Å². The van der Waals surface area contributed by atoms with Crippen LogP contribution in [-0.2, 0) is 9.53 Å². The second kappa shape index (κ2) is 9.62. The van der Waals surface area contributed by atoms with Gasteiger partial charge >= 0.3 is 5.97 Å². The van der Waals surface area contributed by atoms with E-state index in [2.05, 4.69) is 39.7 Å². The van der Waals surface area contributed by atoms with E-state index in [1.54, 1.807) is 13.3 Å². The summed E-state index contributed by atoms with van der Waals surface area (Å²) in [6.45, 7) is 4.66. The zero-order chi connectivity index (χ0) is 23.5. The zero-order valence-corrected chi connectivity index (χ0v) is 20.1. The van der Waals surface area contributed by atoms with Crippen molar-refractivity contribution < 1.29 is 14.3 Å². The van der Waals surface area contributed by atoms with Gasteiger partial charge in [0.05, 0.1) is 38.4 Å². The predicted octanol–water partition coefficient (Wildman–Crippen LogP) is 4.03. The molecule has 0 radical (unpaired) electrons. The molecule has 1 aliphatic heterocycles. The molecule has 1 aliphatic rings. The fraction of sp³-hybridized carbons (Fsp3) is 0.320. The van der Waals surface area contributed by atoms with Gasteiger partial charge in [0, 0.05) is 29.8 Å². The molecule has 0 saturated carbocycles. The van der Waals surface area contributed by atoms with Gasteiger partial charge in [-0.1, -0.05) is 6.07 Å². The standard InChI is InChI=1S/C25H28N4O3S/c1-16-15-20(17(2)29(16)18-8-10-19(31-3)11-9-18)24-23(21-7-5-6-13-26-21)27-25(33)28(24)14-12-22(30)32-4/h5-11,13,15,23-24H,12,14H2,1-4H3,(H,27,33)/t23-,24+/m1/s1. The summed E-state index contributed by atoms with van der Waals surface area (Å²) in [6, 6.07) is 15.8. The summed E-state index contributed by atoms with van der Waals surface area (Å²) in [4.78, 5) is 18.6. The lowest BCUT2D eigenvalue weighted by Crippen LogP contribution is -2.32. The smallest absolute Gasteiger partial charge is 0.307 e. The quantitative estimate of drug-likeness (QED) is 0.418. The summed E-state index contributed by atoms with van der Waals surface area (Å²) in [5.41, 5.74) is 5.31. The highest BCUT2D eigenvalue weighted by Gasteiger charge is 2.41. The van der Waals surface area contributed by atoms with Crippen LogP contribution in [0.2, 0.25) is 0 Å². The predicted molar refractivity (Wildman–Crippen MR) is 131 cm³/mol. The zero-order valence-electron chi connectivity index (χ0n) is 19.2. The Hall–Kier alpha value is -3.39. The molecular weight excluding hydrogens is 436 g/mol. The molecular formula is C25H28N4O3S. The normalized spacial score (nSPS) is 17.7. The number of nitrogens with one attached hydrogen (secondary N) is 1. The van der Waals surface area contributed by atoms with E-state index in [1.807, 2.05) is 42.5 Å². The first-order valence-electron chi connectivity index (χ1n) is 10.8. The number of hydrogen-bond donors (Lipinski definition) is 1. The average Bonchev–Trinajstić information content (AvgIpc) is 3.32. The summed E-state index contributed by atoms with van der Waals surface area (Å²) >= 11 is 5.70. The molecule has 0 unspecified atom stereocenters. The highest BCUT2D eigenvalue weighted by molar-refractivity contribution is 7.80. The molecule has 172 valence electrons. The highest BCUT2D eigenvalue weighted by atomic mass is 32.1. The Bertz CT molecular complexity index is 1140. The van der Waals surface area contributed by atoms with E-state index >= 15 is 0 Å². The molecule has 33 heavy (non-hydrogen) atoms. The fourth-order valence-electron chi connectivity index (χ4n) is 4.51. The van der Waals surface area contributed by atoms with Crippen LogP contribution >= 0.6 is 12.2 Å². The van der Waals surface area contributed by atoms with Crippen LogP contribution in [-0.4, -0.2) is 46.3 Å². The van der Waals surface area contributed by atoms with E-state index in [0.717, 1.165) is 34.1 Å². The second-order valence-corrected chi connectivity index (χ2v) is 8.39. The van der Waals surface area contributed by atoms with Gasteiger partial charge in [-0.05, 0) is 74.1 Å². The Morgan fingerprint density at radius 2 is 1.91 bits per heavy atom. The van der Waals surface area contributed by atoms with Gasteiger partial charge < -0.3 is 24.3 Å². The van der Waals surface area contributed by atoms with Crippen LogP contribution in [0.3, 0.4) is 0 Å². The maximum absolute atomic E-state index is 11.9. The van der Waals surface area contributed by atoms with Gasteiger partial charge in [-0.25, -0.2) is 0 Å². The summed E-state index contributed by atoms with van der Waals surface area (Å²) in [5.74, 6) is 0.553. The van der Waals surface area contributed by atoms with Crippen molar-refractivity contribution in [1.82, 2.24) is 19.8 Å². The van der Waals surface area contributed by atoms with Crippen LogP contribution in [0, 0.1) is 13.8 Å². The molecule has 1 saturated heterocycles. The summed E-state index contributed by atoms with van der Waals surface area (Å²) in [5, 5.41) is 4.04. The number of aryl methyl sites for hydroxylation is 1. The number of nitrogens with zero attached hydrogens (tertiary/aromatic N) is 3. The molecule has 4 rings (SSSR count). The molecule has 0 aliphatic carbocycles. The molecule has 3 aromatic rings. The lowest BCUT2D eigenvalue weighted by molar-refractivity contribution is -0.140. The summed E-state index contributed by atoms with van der Waals surface area (Å²) in [6.07, 6.45) is 2.04. The van der Waals surface area contributed by atoms with E-state index in [9.17, 15) is 4.79 Å². The van der Waals surface area contributed by atoms with Crippen molar-refractivity contribution in [2.45, 2.75) is 32.4 Å². The largest absolute Gasteiger partial charge is 0.497 e. The Morgan fingerprint density at radius 3 is 2.55 bits per heavy atom. The van der Waals surface area contributed by atoms with Crippen LogP contribution in [0.4, 0.5) is 0 Å². The second-order valence-electron chi connectivity index (χ2n) is 8.01. The number of benzene rings is 1. The van der Waals surface area contributed by atoms with Crippen molar-refractivity contribution in [2.75, 3.05) is 20.8 Å². The Kier molecular flexibility index (Phi) is 6.65. The van der Waals surface area contributed by atoms with Crippen LogP contribution in [0.15, 0.2) is 54.7 Å². The number of aromatic nitrogens is 2. The minimum Gasteiger partial charge on any atom is -0.497 e. The summed E-state index contributed by atoms with van der Waals surface area (Å²) in [7, 11) is 3.06. The molecule has 0 amide bonds. The third kappa shape index (κ3) is 4.43. The number of carbonyl (C=O) groups excluding carboxylic acids is 1. The minimum atomic E-state index is -0.262. The van der Waals surface area contributed by atoms with Crippen LogP contribution in [0.25, 0.3) is 5.69 Å². The summed E-state index contributed by atoms with van der Waals surface area (Å²) < 4.78 is 12.4. The van der Waals surface area contributed by atoms with E-state index in [4.69, 9.17) is 21.7 Å². The van der Waals surface area contributed by atoms with Crippen LogP contribution in [0.1, 0.15) is 41.1 Å². The number of pyridine rings is 1. The third-order valence-electron chi connectivity index (χ3n) is 6.10. The van der Waals surface area contributed by atoms with Crippen molar-refractivity contribution in [3.63, 3.8) is 0 Å². The maximum atomic E-state index is 11.9. The van der Waals surface area contributed by atoms with Crippen molar-refractivity contribution in [3.8, 4) is 11.4 Å². The molecule has 0 bridgehead atoms. The number of carbonyl (C=O) groups is 1. The minimum absolute atomic E-state index is 0.116. The van der Waals surface area contributed by atoms with Gasteiger partial charge in [-0.2, -0.15) is 0 Å². The van der Waals surface area contributed by atoms with Crippen molar-refractivity contribution in [1.29, 1.82) is 0 Å². The van der Waals surface area contributed by atoms with Crippen LogP contribution in [0.5, 0.6) is 5.75 Å². The number of methoxy groups -OCH3 is 2. The van der Waals surface area contributed by atoms with Crippen LogP contribution < -0.4 is 10.1 Å². The van der Waals surface area contributed by atoms with Crippen molar-refractivity contribution in [2.24, 2.45) is 0 Å². The molecule has 1 N–H and O–H groups in total. The molecule has 7 nitrogen and oxygen atoms in total. The maximum Gasteiger partial charge on any atom is 0.307 e. The lowest BCUT2D eigenvalue weighted by atomic mass is 9.96. The fourth-order valence-corrected chi connectivity index (χ4v) is 4.85. The average molecular weight is 465 g/mol. The van der Waals surface area contributed by atoms with Gasteiger partial charge in [-0.15, -0.1) is 0 Å². The molecule has 1 fully saturated rings. The molecule has 0 spiro atoms. The first-order chi connectivity index (χ1) is 15.9. The Balaban J connectivity index is 1.77. The van der Waals surface area contributed by atoms with Gasteiger partial charge in [0.1, 0.15) is 5.75 Å². The Labute approximate surface area is 199 Å².